The van der Waals surface area contributed by atoms with Gasteiger partial charge in [-0.3, -0.25) is 4.79 Å². The first-order chi connectivity index (χ1) is 8.20. The smallest absolute Gasteiger partial charge is 0.391 e. The predicted octanol–water partition coefficient (Wildman–Crippen LogP) is 2.97. The lowest BCUT2D eigenvalue weighted by Gasteiger charge is -2.41. The summed E-state index contributed by atoms with van der Waals surface area (Å²) in [5.41, 5.74) is -1.72. The number of halogens is 3. The summed E-state index contributed by atoms with van der Waals surface area (Å²) in [4.78, 5) is 11.1. The summed E-state index contributed by atoms with van der Waals surface area (Å²) in [6.07, 6.45) is -3.79. The van der Waals surface area contributed by atoms with Gasteiger partial charge in [0.25, 0.3) is 0 Å². The fourth-order valence-corrected chi connectivity index (χ4v) is 2.79. The van der Waals surface area contributed by atoms with Gasteiger partial charge < -0.3 is 10.2 Å². The molecule has 0 aromatic carbocycles. The maximum atomic E-state index is 12.7. The average molecular weight is 268 g/mol. The molecule has 0 aromatic heterocycles. The number of carboxylic acids is 1. The number of hydrogen-bond acceptors (Lipinski definition) is 2. The molecular formula is C12H19F3O3. The Morgan fingerprint density at radius 1 is 1.50 bits per heavy atom. The quantitative estimate of drug-likeness (QED) is 0.824. The van der Waals surface area contributed by atoms with Gasteiger partial charge in [-0.15, -0.1) is 0 Å². The van der Waals surface area contributed by atoms with Crippen LogP contribution in [0.2, 0.25) is 0 Å². The molecule has 3 atom stereocenters. The molecule has 3 nitrogen and oxygen atoms in total. The number of carbonyl (C=O) groups is 1. The van der Waals surface area contributed by atoms with Crippen molar-refractivity contribution in [2.75, 3.05) is 0 Å². The van der Waals surface area contributed by atoms with Crippen molar-refractivity contribution in [1.82, 2.24) is 0 Å². The summed E-state index contributed by atoms with van der Waals surface area (Å²) in [6.45, 7) is 1.75. The molecule has 3 unspecified atom stereocenters. The van der Waals surface area contributed by atoms with Crippen LogP contribution in [0, 0.1) is 11.8 Å². The molecule has 0 bridgehead atoms. The molecule has 1 fully saturated rings. The van der Waals surface area contributed by atoms with Crippen LogP contribution >= 0.6 is 0 Å². The van der Waals surface area contributed by atoms with Crippen molar-refractivity contribution in [1.29, 1.82) is 0 Å². The Morgan fingerprint density at radius 3 is 2.56 bits per heavy atom. The third-order valence-corrected chi connectivity index (χ3v) is 3.75. The first-order valence-corrected chi connectivity index (χ1v) is 6.22. The maximum absolute atomic E-state index is 12.7. The van der Waals surface area contributed by atoms with Crippen LogP contribution in [0.25, 0.3) is 0 Å². The van der Waals surface area contributed by atoms with E-state index in [1.807, 2.05) is 0 Å². The predicted molar refractivity (Wildman–Crippen MR) is 59.0 cm³/mol. The van der Waals surface area contributed by atoms with Gasteiger partial charge in [-0.05, 0) is 32.1 Å². The Hall–Kier alpha value is -0.780. The molecule has 0 aromatic rings. The first-order valence-electron chi connectivity index (χ1n) is 6.22. The van der Waals surface area contributed by atoms with Crippen LogP contribution in [0.4, 0.5) is 13.2 Å². The van der Waals surface area contributed by atoms with Gasteiger partial charge in [0.15, 0.2) is 0 Å². The zero-order valence-electron chi connectivity index (χ0n) is 10.3. The van der Waals surface area contributed by atoms with E-state index in [1.54, 1.807) is 6.92 Å². The van der Waals surface area contributed by atoms with Crippen molar-refractivity contribution < 1.29 is 28.2 Å². The maximum Gasteiger partial charge on any atom is 0.391 e. The molecule has 0 spiro atoms. The zero-order chi connectivity index (χ0) is 14.0. The minimum absolute atomic E-state index is 0.0235. The Morgan fingerprint density at radius 2 is 2.11 bits per heavy atom. The molecule has 106 valence electrons. The zero-order valence-corrected chi connectivity index (χ0v) is 10.3. The van der Waals surface area contributed by atoms with Gasteiger partial charge in [0.2, 0.25) is 0 Å². The number of alkyl halides is 3. The lowest BCUT2D eigenvalue weighted by molar-refractivity contribution is -0.209. The second kappa shape index (κ2) is 5.47. The van der Waals surface area contributed by atoms with Gasteiger partial charge in [0.1, 0.15) is 0 Å². The average Bonchev–Trinajstić information content (AvgIpc) is 2.24. The molecule has 0 heterocycles. The van der Waals surface area contributed by atoms with E-state index in [9.17, 15) is 23.1 Å². The van der Waals surface area contributed by atoms with E-state index < -0.39 is 36.0 Å². The van der Waals surface area contributed by atoms with E-state index in [4.69, 9.17) is 5.11 Å². The highest BCUT2D eigenvalue weighted by molar-refractivity contribution is 5.71. The van der Waals surface area contributed by atoms with Crippen LogP contribution in [0.15, 0.2) is 0 Å². The topological polar surface area (TPSA) is 57.5 Å². The largest absolute Gasteiger partial charge is 0.481 e. The minimum atomic E-state index is -4.36. The second-order valence-corrected chi connectivity index (χ2v) is 5.12. The highest BCUT2D eigenvalue weighted by Gasteiger charge is 2.51. The highest BCUT2D eigenvalue weighted by Crippen LogP contribution is 2.45. The van der Waals surface area contributed by atoms with Gasteiger partial charge in [0, 0.05) is 0 Å². The Balaban J connectivity index is 2.86. The van der Waals surface area contributed by atoms with E-state index in [2.05, 4.69) is 0 Å². The van der Waals surface area contributed by atoms with Crippen LogP contribution in [0.3, 0.4) is 0 Å². The third kappa shape index (κ3) is 3.37. The molecule has 18 heavy (non-hydrogen) atoms. The SMILES string of the molecule is CCCC(C(=O)O)C1(O)CCCC(C(F)(F)F)C1. The fraction of sp³-hybridized carbons (Fsp3) is 0.917. The van der Waals surface area contributed by atoms with E-state index in [0.29, 0.717) is 6.42 Å². The highest BCUT2D eigenvalue weighted by atomic mass is 19.4. The second-order valence-electron chi connectivity index (χ2n) is 5.12. The van der Waals surface area contributed by atoms with Crippen LogP contribution in [0.5, 0.6) is 0 Å². The lowest BCUT2D eigenvalue weighted by Crippen LogP contribution is -2.48. The monoisotopic (exact) mass is 268 g/mol. The summed E-state index contributed by atoms with van der Waals surface area (Å²) >= 11 is 0. The summed E-state index contributed by atoms with van der Waals surface area (Å²) in [7, 11) is 0. The van der Waals surface area contributed by atoms with Gasteiger partial charge in [-0.1, -0.05) is 13.3 Å². The van der Waals surface area contributed by atoms with Crippen molar-refractivity contribution in [3.05, 3.63) is 0 Å². The standard InChI is InChI=1S/C12H19F3O3/c1-2-4-9(10(16)17)11(18)6-3-5-8(7-11)12(13,14)15/h8-9,18H,2-7H2,1H3,(H,16,17). The van der Waals surface area contributed by atoms with E-state index in [0.717, 1.165) is 0 Å². The van der Waals surface area contributed by atoms with Crippen molar-refractivity contribution in [2.45, 2.75) is 57.2 Å². The molecule has 0 radical (unpaired) electrons. The van der Waals surface area contributed by atoms with Gasteiger partial charge in [-0.25, -0.2) is 0 Å². The van der Waals surface area contributed by atoms with Crippen molar-refractivity contribution >= 4 is 5.97 Å². The Bertz CT molecular complexity index is 303. The first kappa shape index (κ1) is 15.3. The molecule has 1 rings (SSSR count). The van der Waals surface area contributed by atoms with Crippen LogP contribution in [0.1, 0.15) is 45.4 Å². The molecule has 6 heteroatoms. The number of hydrogen-bond donors (Lipinski definition) is 2. The summed E-state index contributed by atoms with van der Waals surface area (Å²) in [5.74, 6) is -3.90. The van der Waals surface area contributed by atoms with Gasteiger partial charge in [0.05, 0.1) is 17.4 Å². The molecule has 1 saturated carbocycles. The van der Waals surface area contributed by atoms with Crippen LogP contribution in [-0.2, 0) is 4.79 Å². The van der Waals surface area contributed by atoms with Crippen molar-refractivity contribution in [2.24, 2.45) is 11.8 Å². The fourth-order valence-electron chi connectivity index (χ4n) is 2.79. The molecular weight excluding hydrogens is 249 g/mol. The summed E-state index contributed by atoms with van der Waals surface area (Å²) < 4.78 is 38.0. The Kier molecular flexibility index (Phi) is 4.64. The summed E-state index contributed by atoms with van der Waals surface area (Å²) in [5, 5.41) is 19.4. The molecule has 2 N–H and O–H groups in total. The Labute approximate surface area is 104 Å². The molecule has 1 aliphatic rings. The third-order valence-electron chi connectivity index (χ3n) is 3.75. The number of aliphatic carboxylic acids is 1. The van der Waals surface area contributed by atoms with E-state index in [1.165, 1.54) is 0 Å². The molecule has 0 amide bonds. The number of carboxylic acid groups (broad SMARTS) is 1. The molecule has 0 saturated heterocycles. The van der Waals surface area contributed by atoms with Gasteiger partial charge >= 0.3 is 12.1 Å². The molecule has 1 aliphatic carbocycles. The lowest BCUT2D eigenvalue weighted by atomic mass is 9.70. The van der Waals surface area contributed by atoms with Gasteiger partial charge in [-0.2, -0.15) is 13.2 Å². The van der Waals surface area contributed by atoms with Crippen molar-refractivity contribution in [3.8, 4) is 0 Å². The van der Waals surface area contributed by atoms with E-state index >= 15 is 0 Å². The normalized spacial score (nSPS) is 31.1. The molecule has 0 aliphatic heterocycles. The minimum Gasteiger partial charge on any atom is -0.481 e. The van der Waals surface area contributed by atoms with E-state index in [-0.39, 0.29) is 25.7 Å². The van der Waals surface area contributed by atoms with Crippen LogP contribution < -0.4 is 0 Å². The summed E-state index contributed by atoms with van der Waals surface area (Å²) in [6, 6.07) is 0. The number of aliphatic hydroxyl groups is 1. The number of rotatable bonds is 4. The van der Waals surface area contributed by atoms with Crippen molar-refractivity contribution in [3.63, 3.8) is 0 Å². The van der Waals surface area contributed by atoms with Crippen LogP contribution in [-0.4, -0.2) is 28.0 Å².